The molecule has 27 heavy (non-hydrogen) atoms. The Morgan fingerprint density at radius 2 is 1.78 bits per heavy atom. The number of carbonyl (C=O) groups is 2. The Morgan fingerprint density at radius 3 is 2.37 bits per heavy atom. The summed E-state index contributed by atoms with van der Waals surface area (Å²) in [5, 5.41) is 5.35. The minimum Gasteiger partial charge on any atom is -0.493 e. The van der Waals surface area contributed by atoms with E-state index in [4.69, 9.17) is 9.47 Å². The Labute approximate surface area is 157 Å². The lowest BCUT2D eigenvalue weighted by Gasteiger charge is -2.37. The van der Waals surface area contributed by atoms with E-state index in [0.717, 1.165) is 17.0 Å². The molecule has 0 radical (unpaired) electrons. The van der Waals surface area contributed by atoms with Crippen molar-refractivity contribution in [3.63, 3.8) is 0 Å². The van der Waals surface area contributed by atoms with Crippen LogP contribution in [0.25, 0.3) is 0 Å². The zero-order valence-corrected chi connectivity index (χ0v) is 15.4. The first-order valence-electron chi connectivity index (χ1n) is 9.55. The van der Waals surface area contributed by atoms with E-state index < -0.39 is 0 Å². The summed E-state index contributed by atoms with van der Waals surface area (Å²) in [6.45, 7) is 2.45. The van der Waals surface area contributed by atoms with Crippen molar-refractivity contribution in [1.82, 2.24) is 5.01 Å². The van der Waals surface area contributed by atoms with E-state index in [1.807, 2.05) is 13.0 Å². The minimum atomic E-state index is -0.219. The summed E-state index contributed by atoms with van der Waals surface area (Å²) in [4.78, 5) is 25.8. The fourth-order valence-corrected chi connectivity index (χ4v) is 5.22. The monoisotopic (exact) mass is 366 g/mol. The molecule has 1 aromatic rings. The molecule has 5 aliphatic rings. The molecule has 0 N–H and O–H groups in total. The molecule has 4 aliphatic carbocycles. The number of benzene rings is 1. The van der Waals surface area contributed by atoms with E-state index in [1.54, 1.807) is 25.5 Å². The van der Waals surface area contributed by atoms with Gasteiger partial charge in [-0.1, -0.05) is 12.2 Å². The Bertz CT molecular complexity index is 841. The SMILES string of the molecule is CCOc1ccc(/C=N\N2C(=O)[C@@H]3[C@H]4C=C[C@@H]([C@@H]5C[C@@H]45)[C@@H]3C2=O)cc1OC. The van der Waals surface area contributed by atoms with E-state index in [-0.39, 0.29) is 35.5 Å². The smallest absolute Gasteiger partial charge is 0.254 e. The van der Waals surface area contributed by atoms with Crippen LogP contribution in [0.15, 0.2) is 35.5 Å². The van der Waals surface area contributed by atoms with Crippen LogP contribution in [0, 0.1) is 35.5 Å². The summed E-state index contributed by atoms with van der Waals surface area (Å²) >= 11 is 0. The number of methoxy groups -OCH3 is 1. The van der Waals surface area contributed by atoms with Gasteiger partial charge in [0.1, 0.15) is 0 Å². The number of hydrazone groups is 1. The van der Waals surface area contributed by atoms with Gasteiger partial charge in [-0.3, -0.25) is 9.59 Å². The molecular formula is C21H22N2O4. The van der Waals surface area contributed by atoms with Gasteiger partial charge in [0.05, 0.1) is 31.8 Å². The number of nitrogens with zero attached hydrogens (tertiary/aromatic N) is 2. The highest BCUT2D eigenvalue weighted by Gasteiger charge is 2.67. The van der Waals surface area contributed by atoms with Crippen LogP contribution in [-0.4, -0.2) is 36.8 Å². The maximum atomic E-state index is 12.9. The molecule has 6 atom stereocenters. The van der Waals surface area contributed by atoms with Crippen LogP contribution in [0.5, 0.6) is 11.5 Å². The Morgan fingerprint density at radius 1 is 1.11 bits per heavy atom. The molecule has 1 saturated heterocycles. The van der Waals surface area contributed by atoms with Crippen LogP contribution in [0.4, 0.5) is 0 Å². The second-order valence-corrected chi connectivity index (χ2v) is 7.73. The number of rotatable bonds is 5. The highest BCUT2D eigenvalue weighted by Crippen LogP contribution is 2.65. The second-order valence-electron chi connectivity index (χ2n) is 7.73. The molecule has 6 nitrogen and oxygen atoms in total. The van der Waals surface area contributed by atoms with E-state index in [0.29, 0.717) is 29.9 Å². The molecule has 1 heterocycles. The van der Waals surface area contributed by atoms with Crippen LogP contribution in [0.1, 0.15) is 18.9 Å². The number of imide groups is 1. The second kappa shape index (κ2) is 5.94. The summed E-state index contributed by atoms with van der Waals surface area (Å²) in [7, 11) is 1.57. The first kappa shape index (κ1) is 16.5. The normalized spacial score (nSPS) is 35.6. The van der Waals surface area contributed by atoms with Gasteiger partial charge in [-0.15, -0.1) is 0 Å². The summed E-state index contributed by atoms with van der Waals surface area (Å²) < 4.78 is 10.8. The number of ether oxygens (including phenoxy) is 2. The molecular weight excluding hydrogens is 344 g/mol. The molecule has 2 amide bonds. The van der Waals surface area contributed by atoms with Crippen LogP contribution in [0.3, 0.4) is 0 Å². The van der Waals surface area contributed by atoms with E-state index in [9.17, 15) is 9.59 Å². The number of allylic oxidation sites excluding steroid dienone is 2. The molecule has 0 spiro atoms. The van der Waals surface area contributed by atoms with Crippen molar-refractivity contribution in [1.29, 1.82) is 0 Å². The van der Waals surface area contributed by atoms with Crippen molar-refractivity contribution in [2.24, 2.45) is 40.6 Å². The minimum absolute atomic E-state index is 0.149. The average molecular weight is 366 g/mol. The van der Waals surface area contributed by atoms with Gasteiger partial charge in [0, 0.05) is 0 Å². The van der Waals surface area contributed by atoms with Crippen molar-refractivity contribution < 1.29 is 19.1 Å². The maximum absolute atomic E-state index is 12.9. The third-order valence-corrected chi connectivity index (χ3v) is 6.45. The molecule has 1 aliphatic heterocycles. The third-order valence-electron chi connectivity index (χ3n) is 6.45. The van der Waals surface area contributed by atoms with Gasteiger partial charge in [0.25, 0.3) is 11.8 Å². The van der Waals surface area contributed by atoms with Crippen molar-refractivity contribution in [3.8, 4) is 11.5 Å². The van der Waals surface area contributed by atoms with Gasteiger partial charge in [-0.05, 0) is 60.8 Å². The zero-order valence-electron chi connectivity index (χ0n) is 15.4. The number of hydrogen-bond donors (Lipinski definition) is 0. The Hall–Kier alpha value is -2.63. The van der Waals surface area contributed by atoms with E-state index in [2.05, 4.69) is 17.3 Å². The third kappa shape index (κ3) is 2.35. The highest BCUT2D eigenvalue weighted by atomic mass is 16.5. The predicted octanol–water partition coefficient (Wildman–Crippen LogP) is 2.48. The quantitative estimate of drug-likeness (QED) is 0.456. The van der Waals surface area contributed by atoms with Gasteiger partial charge >= 0.3 is 0 Å². The molecule has 0 unspecified atom stereocenters. The van der Waals surface area contributed by atoms with Crippen LogP contribution in [0.2, 0.25) is 0 Å². The standard InChI is InChI=1S/C21H22N2O4/c1-3-27-16-7-4-11(8-17(16)26-2)10-22-23-20(24)18-12-5-6-13(15-9-14(12)15)19(18)21(23)25/h4-8,10,12-15,18-19H,3,9H2,1-2H3/b22-10-/t12-,13-,14-,15-,18-,19+/m0/s1. The number of amides is 2. The van der Waals surface area contributed by atoms with Crippen molar-refractivity contribution in [2.45, 2.75) is 13.3 Å². The zero-order chi connectivity index (χ0) is 18.7. The summed E-state index contributed by atoms with van der Waals surface area (Å²) in [5.41, 5.74) is 0.745. The maximum Gasteiger partial charge on any atom is 0.254 e. The average Bonchev–Trinajstić information content (AvgIpc) is 3.46. The van der Waals surface area contributed by atoms with Crippen molar-refractivity contribution in [2.75, 3.05) is 13.7 Å². The predicted molar refractivity (Wildman–Crippen MR) is 98.3 cm³/mol. The molecule has 3 fully saturated rings. The van der Waals surface area contributed by atoms with E-state index >= 15 is 0 Å². The van der Waals surface area contributed by atoms with Crippen molar-refractivity contribution in [3.05, 3.63) is 35.9 Å². The lowest BCUT2D eigenvalue weighted by atomic mass is 9.63. The molecule has 6 heteroatoms. The molecule has 1 aromatic carbocycles. The van der Waals surface area contributed by atoms with Gasteiger partial charge in [0.15, 0.2) is 11.5 Å². The first-order chi connectivity index (χ1) is 13.1. The van der Waals surface area contributed by atoms with Gasteiger partial charge in [-0.2, -0.15) is 10.1 Å². The van der Waals surface area contributed by atoms with Gasteiger partial charge < -0.3 is 9.47 Å². The van der Waals surface area contributed by atoms with Crippen LogP contribution >= 0.6 is 0 Å². The summed E-state index contributed by atoms with van der Waals surface area (Å²) in [6, 6.07) is 5.41. The molecule has 2 saturated carbocycles. The number of hydrogen-bond acceptors (Lipinski definition) is 5. The lowest BCUT2D eigenvalue weighted by molar-refractivity contribution is -0.140. The Kier molecular flexibility index (Phi) is 3.64. The fourth-order valence-electron chi connectivity index (χ4n) is 5.22. The number of carbonyl (C=O) groups excluding carboxylic acids is 2. The fraction of sp³-hybridized carbons (Fsp3) is 0.476. The highest BCUT2D eigenvalue weighted by molar-refractivity contribution is 6.06. The Balaban J connectivity index is 1.39. The van der Waals surface area contributed by atoms with Gasteiger partial charge in [0.2, 0.25) is 0 Å². The molecule has 2 bridgehead atoms. The topological polar surface area (TPSA) is 68.2 Å². The van der Waals surface area contributed by atoms with Crippen LogP contribution in [-0.2, 0) is 9.59 Å². The van der Waals surface area contributed by atoms with E-state index in [1.165, 1.54) is 0 Å². The largest absolute Gasteiger partial charge is 0.493 e. The van der Waals surface area contributed by atoms with Crippen LogP contribution < -0.4 is 9.47 Å². The summed E-state index contributed by atoms with van der Waals surface area (Å²) in [6.07, 6.45) is 7.03. The summed E-state index contributed by atoms with van der Waals surface area (Å²) in [5.74, 6) is 2.13. The van der Waals surface area contributed by atoms with Crippen molar-refractivity contribution >= 4 is 18.0 Å². The molecule has 6 rings (SSSR count). The molecule has 0 aromatic heterocycles. The van der Waals surface area contributed by atoms with Gasteiger partial charge in [-0.25, -0.2) is 0 Å². The lowest BCUT2D eigenvalue weighted by Crippen LogP contribution is -2.40. The first-order valence-corrected chi connectivity index (χ1v) is 9.55. The molecule has 140 valence electrons.